The van der Waals surface area contributed by atoms with Crippen molar-refractivity contribution in [2.75, 3.05) is 13.1 Å². The van der Waals surface area contributed by atoms with E-state index in [-0.39, 0.29) is 17.7 Å². The molecule has 1 heterocycles. The summed E-state index contributed by atoms with van der Waals surface area (Å²) < 4.78 is 0. The van der Waals surface area contributed by atoms with Crippen LogP contribution in [0.4, 0.5) is 0 Å². The van der Waals surface area contributed by atoms with Gasteiger partial charge >= 0.3 is 0 Å². The summed E-state index contributed by atoms with van der Waals surface area (Å²) in [6.45, 7) is 1.43. The molecule has 1 aromatic rings. The lowest BCUT2D eigenvalue weighted by atomic mass is 10.1. The van der Waals surface area contributed by atoms with Crippen LogP contribution in [0.3, 0.4) is 0 Å². The second-order valence-corrected chi connectivity index (χ2v) is 5.81. The summed E-state index contributed by atoms with van der Waals surface area (Å²) in [7, 11) is 0. The SMILES string of the molecule is O=C(Cc1ccccc1)NCC1CC(=O)N(C2CC2)C1. The van der Waals surface area contributed by atoms with Crippen molar-refractivity contribution >= 4 is 11.8 Å². The molecule has 1 atom stereocenters. The highest BCUT2D eigenvalue weighted by atomic mass is 16.2. The normalized spacial score (nSPS) is 22.1. The summed E-state index contributed by atoms with van der Waals surface area (Å²) in [5.41, 5.74) is 1.02. The number of hydrogen-bond acceptors (Lipinski definition) is 2. The molecular formula is C16H20N2O2. The van der Waals surface area contributed by atoms with Crippen LogP contribution in [0.1, 0.15) is 24.8 Å². The Labute approximate surface area is 119 Å². The lowest BCUT2D eigenvalue weighted by molar-refractivity contribution is -0.128. The minimum atomic E-state index is 0.0357. The lowest BCUT2D eigenvalue weighted by Crippen LogP contribution is -2.32. The molecule has 2 fully saturated rings. The van der Waals surface area contributed by atoms with Crippen molar-refractivity contribution in [3.05, 3.63) is 35.9 Å². The second kappa shape index (κ2) is 5.65. The Morgan fingerprint density at radius 1 is 1.25 bits per heavy atom. The van der Waals surface area contributed by atoms with Gasteiger partial charge in [-0.1, -0.05) is 30.3 Å². The molecule has 0 bridgehead atoms. The molecule has 2 aliphatic rings. The summed E-state index contributed by atoms with van der Waals surface area (Å²) >= 11 is 0. The van der Waals surface area contributed by atoms with Gasteiger partial charge in [0.2, 0.25) is 11.8 Å². The Balaban J connectivity index is 1.43. The van der Waals surface area contributed by atoms with E-state index >= 15 is 0 Å². The fourth-order valence-electron chi connectivity index (χ4n) is 2.79. The van der Waals surface area contributed by atoms with E-state index in [9.17, 15) is 9.59 Å². The van der Waals surface area contributed by atoms with Crippen molar-refractivity contribution in [2.45, 2.75) is 31.7 Å². The van der Waals surface area contributed by atoms with Crippen LogP contribution in [0.2, 0.25) is 0 Å². The van der Waals surface area contributed by atoms with Crippen LogP contribution in [0.25, 0.3) is 0 Å². The number of benzene rings is 1. The van der Waals surface area contributed by atoms with E-state index in [1.165, 1.54) is 0 Å². The number of hydrogen-bond donors (Lipinski definition) is 1. The highest BCUT2D eigenvalue weighted by Gasteiger charge is 2.39. The molecule has 1 aliphatic carbocycles. The molecule has 4 heteroatoms. The molecule has 0 radical (unpaired) electrons. The molecule has 4 nitrogen and oxygen atoms in total. The molecule has 1 saturated heterocycles. The van der Waals surface area contributed by atoms with Gasteiger partial charge in [-0.05, 0) is 18.4 Å². The highest BCUT2D eigenvalue weighted by molar-refractivity contribution is 5.80. The third-order valence-electron chi connectivity index (χ3n) is 4.02. The van der Waals surface area contributed by atoms with Gasteiger partial charge < -0.3 is 10.2 Å². The third-order valence-corrected chi connectivity index (χ3v) is 4.02. The van der Waals surface area contributed by atoms with Crippen LogP contribution >= 0.6 is 0 Å². The Bertz CT molecular complexity index is 496. The summed E-state index contributed by atoms with van der Waals surface area (Å²) in [5.74, 6) is 0.575. The maximum Gasteiger partial charge on any atom is 0.224 e. The maximum atomic E-state index is 11.9. The summed E-state index contributed by atoms with van der Waals surface area (Å²) in [6.07, 6.45) is 3.30. The zero-order valence-corrected chi connectivity index (χ0v) is 11.5. The van der Waals surface area contributed by atoms with Gasteiger partial charge in [-0.25, -0.2) is 0 Å². The largest absolute Gasteiger partial charge is 0.355 e. The summed E-state index contributed by atoms with van der Waals surface area (Å²) in [4.78, 5) is 25.7. The van der Waals surface area contributed by atoms with Gasteiger partial charge in [0, 0.05) is 31.5 Å². The number of carbonyl (C=O) groups is 2. The molecule has 20 heavy (non-hydrogen) atoms. The van der Waals surface area contributed by atoms with E-state index < -0.39 is 0 Å². The molecular weight excluding hydrogens is 252 g/mol. The standard InChI is InChI=1S/C16H20N2O2/c19-15(8-12-4-2-1-3-5-12)17-10-13-9-16(20)18(11-13)14-6-7-14/h1-5,13-14H,6-11H2,(H,17,19). The molecule has 106 valence electrons. The van der Waals surface area contributed by atoms with Crippen molar-refractivity contribution < 1.29 is 9.59 Å². The molecule has 1 aliphatic heterocycles. The molecule has 1 N–H and O–H groups in total. The molecule has 1 saturated carbocycles. The molecule has 0 aromatic heterocycles. The van der Waals surface area contributed by atoms with Crippen LogP contribution < -0.4 is 5.32 Å². The van der Waals surface area contributed by atoms with Gasteiger partial charge in [0.05, 0.1) is 6.42 Å². The van der Waals surface area contributed by atoms with Crippen LogP contribution in [-0.4, -0.2) is 35.8 Å². The summed E-state index contributed by atoms with van der Waals surface area (Å²) in [6, 6.07) is 10.2. The van der Waals surface area contributed by atoms with Crippen LogP contribution in [0, 0.1) is 5.92 Å². The fourth-order valence-corrected chi connectivity index (χ4v) is 2.79. The number of likely N-dealkylation sites (tertiary alicyclic amines) is 1. The lowest BCUT2D eigenvalue weighted by Gasteiger charge is -2.15. The minimum Gasteiger partial charge on any atom is -0.355 e. The van der Waals surface area contributed by atoms with Gasteiger partial charge in [0.15, 0.2) is 0 Å². The first-order valence-corrected chi connectivity index (χ1v) is 7.32. The predicted octanol–water partition coefficient (Wildman–Crippen LogP) is 1.36. The maximum absolute atomic E-state index is 11.9. The topological polar surface area (TPSA) is 49.4 Å². The van der Waals surface area contributed by atoms with Gasteiger partial charge in [-0.2, -0.15) is 0 Å². The van der Waals surface area contributed by atoms with Crippen LogP contribution in [0.15, 0.2) is 30.3 Å². The minimum absolute atomic E-state index is 0.0357. The monoisotopic (exact) mass is 272 g/mol. The average molecular weight is 272 g/mol. The van der Waals surface area contributed by atoms with Crippen molar-refractivity contribution in [3.8, 4) is 0 Å². The second-order valence-electron chi connectivity index (χ2n) is 5.81. The fraction of sp³-hybridized carbons (Fsp3) is 0.500. The van der Waals surface area contributed by atoms with E-state index in [0.717, 1.165) is 24.9 Å². The van der Waals surface area contributed by atoms with E-state index in [1.807, 2.05) is 35.2 Å². The zero-order chi connectivity index (χ0) is 13.9. The Morgan fingerprint density at radius 3 is 2.70 bits per heavy atom. The Kier molecular flexibility index (Phi) is 3.72. The first-order valence-electron chi connectivity index (χ1n) is 7.32. The summed E-state index contributed by atoms with van der Waals surface area (Å²) in [5, 5.41) is 2.96. The van der Waals surface area contributed by atoms with Crippen molar-refractivity contribution in [1.29, 1.82) is 0 Å². The zero-order valence-electron chi connectivity index (χ0n) is 11.5. The highest BCUT2D eigenvalue weighted by Crippen LogP contribution is 2.32. The number of amides is 2. The van der Waals surface area contributed by atoms with Crippen LogP contribution in [0.5, 0.6) is 0 Å². The predicted molar refractivity (Wildman–Crippen MR) is 76.0 cm³/mol. The van der Waals surface area contributed by atoms with Gasteiger partial charge in [-0.3, -0.25) is 9.59 Å². The molecule has 1 aromatic carbocycles. The third kappa shape index (κ3) is 3.18. The van der Waals surface area contributed by atoms with E-state index in [4.69, 9.17) is 0 Å². The van der Waals surface area contributed by atoms with Gasteiger partial charge in [-0.15, -0.1) is 0 Å². The molecule has 2 amide bonds. The molecule has 1 unspecified atom stereocenters. The van der Waals surface area contributed by atoms with E-state index in [0.29, 0.717) is 25.4 Å². The molecule has 3 rings (SSSR count). The van der Waals surface area contributed by atoms with Crippen LogP contribution in [-0.2, 0) is 16.0 Å². The van der Waals surface area contributed by atoms with E-state index in [1.54, 1.807) is 0 Å². The molecule has 0 spiro atoms. The van der Waals surface area contributed by atoms with E-state index in [2.05, 4.69) is 5.32 Å². The Hall–Kier alpha value is -1.84. The number of carbonyl (C=O) groups excluding carboxylic acids is 2. The Morgan fingerprint density at radius 2 is 2.00 bits per heavy atom. The number of nitrogens with one attached hydrogen (secondary N) is 1. The number of rotatable bonds is 5. The smallest absolute Gasteiger partial charge is 0.224 e. The first kappa shape index (κ1) is 13.2. The number of nitrogens with zero attached hydrogens (tertiary/aromatic N) is 1. The van der Waals surface area contributed by atoms with Crippen molar-refractivity contribution in [3.63, 3.8) is 0 Å². The van der Waals surface area contributed by atoms with Crippen molar-refractivity contribution in [1.82, 2.24) is 10.2 Å². The quantitative estimate of drug-likeness (QED) is 0.880. The van der Waals surface area contributed by atoms with Gasteiger partial charge in [0.25, 0.3) is 0 Å². The van der Waals surface area contributed by atoms with Crippen molar-refractivity contribution in [2.24, 2.45) is 5.92 Å². The average Bonchev–Trinajstić information content (AvgIpc) is 3.21. The first-order chi connectivity index (χ1) is 9.72. The van der Waals surface area contributed by atoms with Gasteiger partial charge in [0.1, 0.15) is 0 Å².